The average Bonchev–Trinajstić information content (AvgIpc) is 2.81. The number of nitrogens with zero attached hydrogens (tertiary/aromatic N) is 5. The first-order valence-electron chi connectivity index (χ1n) is 10.5. The van der Waals surface area contributed by atoms with Crippen LogP contribution in [0.3, 0.4) is 0 Å². The van der Waals surface area contributed by atoms with Crippen molar-refractivity contribution in [2.45, 2.75) is 6.42 Å². The molecule has 8 nitrogen and oxygen atoms in total. The van der Waals surface area contributed by atoms with Crippen molar-refractivity contribution in [3.63, 3.8) is 0 Å². The molecule has 33 heavy (non-hydrogen) atoms. The number of aromatic nitrogens is 3. The second-order valence-corrected chi connectivity index (χ2v) is 8.12. The minimum absolute atomic E-state index is 0.000761. The topological polar surface area (TPSA) is 86.3 Å². The van der Waals surface area contributed by atoms with Crippen molar-refractivity contribution in [2.24, 2.45) is 0 Å². The third-order valence-corrected chi connectivity index (χ3v) is 5.59. The van der Waals surface area contributed by atoms with E-state index in [0.717, 1.165) is 32.7 Å². The monoisotopic (exact) mass is 469 g/mol. The lowest BCUT2D eigenvalue weighted by molar-refractivity contribution is -0.111. The van der Waals surface area contributed by atoms with Crippen molar-refractivity contribution in [3.8, 4) is 11.8 Å². The van der Waals surface area contributed by atoms with Crippen LogP contribution in [-0.2, 0) is 4.79 Å². The van der Waals surface area contributed by atoms with Gasteiger partial charge in [0.15, 0.2) is 0 Å². The SMILES string of the molecule is CN1CCN(CCC#CC(=O)Nc2cc3c(Nc4ccc(F)c(Cl)c4)n[14cH]nc3cn2)CC1. The largest absolute Gasteiger partial charge is 0.340 e. The van der Waals surface area contributed by atoms with Gasteiger partial charge in [0.1, 0.15) is 23.8 Å². The molecule has 1 aliphatic heterocycles. The van der Waals surface area contributed by atoms with Crippen LogP contribution in [0, 0.1) is 17.7 Å². The van der Waals surface area contributed by atoms with E-state index in [1.54, 1.807) is 12.1 Å². The Morgan fingerprint density at radius 1 is 1.24 bits per heavy atom. The zero-order chi connectivity index (χ0) is 23.2. The third kappa shape index (κ3) is 6.14. The summed E-state index contributed by atoms with van der Waals surface area (Å²) in [7, 11) is 2.12. The van der Waals surface area contributed by atoms with E-state index in [9.17, 15) is 9.18 Å². The number of benzene rings is 1. The molecular weight excluding hydrogens is 447 g/mol. The Labute approximate surface area is 196 Å². The molecule has 0 saturated carbocycles. The Bertz CT molecular complexity index is 1220. The minimum Gasteiger partial charge on any atom is -0.340 e. The molecule has 1 aromatic carbocycles. The molecule has 0 atom stereocenters. The molecule has 1 saturated heterocycles. The summed E-state index contributed by atoms with van der Waals surface area (Å²) in [4.78, 5) is 29.6. The second kappa shape index (κ2) is 10.5. The van der Waals surface area contributed by atoms with Gasteiger partial charge in [0, 0.05) is 50.2 Å². The maximum atomic E-state index is 13.4. The fraction of sp³-hybridized carbons (Fsp3) is 0.304. The molecule has 3 heterocycles. The number of carbonyl (C=O) groups is 1. The number of piperazine rings is 1. The quantitative estimate of drug-likeness (QED) is 0.555. The number of likely N-dealkylation sites (N-methyl/N-ethyl adjacent to an activating group) is 1. The first-order chi connectivity index (χ1) is 16.0. The van der Waals surface area contributed by atoms with Gasteiger partial charge in [-0.15, -0.1) is 0 Å². The number of carbonyl (C=O) groups excluding carboxylic acids is 1. The molecule has 0 spiro atoms. The number of halogens is 2. The maximum absolute atomic E-state index is 13.4. The molecule has 0 bridgehead atoms. The fourth-order valence-electron chi connectivity index (χ4n) is 3.41. The van der Waals surface area contributed by atoms with Crippen molar-refractivity contribution >= 4 is 45.7 Å². The Kier molecular flexibility index (Phi) is 7.29. The first-order valence-corrected chi connectivity index (χ1v) is 10.9. The Hall–Kier alpha value is -3.32. The summed E-state index contributed by atoms with van der Waals surface area (Å²) in [6.07, 6.45) is 3.56. The van der Waals surface area contributed by atoms with E-state index in [0.29, 0.717) is 34.6 Å². The van der Waals surface area contributed by atoms with Gasteiger partial charge in [-0.3, -0.25) is 15.0 Å². The highest BCUT2D eigenvalue weighted by Crippen LogP contribution is 2.26. The van der Waals surface area contributed by atoms with Crippen LogP contribution in [0.5, 0.6) is 0 Å². The maximum Gasteiger partial charge on any atom is 0.301 e. The molecule has 0 aliphatic carbocycles. The van der Waals surface area contributed by atoms with Crippen LogP contribution in [0.2, 0.25) is 5.02 Å². The van der Waals surface area contributed by atoms with E-state index >= 15 is 0 Å². The van der Waals surface area contributed by atoms with E-state index in [2.05, 4.69) is 54.3 Å². The fourth-order valence-corrected chi connectivity index (χ4v) is 3.59. The molecule has 4 rings (SSSR count). The van der Waals surface area contributed by atoms with E-state index in [1.165, 1.54) is 24.7 Å². The van der Waals surface area contributed by atoms with E-state index in [1.807, 2.05) is 0 Å². The van der Waals surface area contributed by atoms with Crippen molar-refractivity contribution in [3.05, 3.63) is 47.6 Å². The second-order valence-electron chi connectivity index (χ2n) is 7.71. The van der Waals surface area contributed by atoms with Crippen LogP contribution in [-0.4, -0.2) is 70.4 Å². The first kappa shape index (κ1) is 22.9. The highest BCUT2D eigenvalue weighted by Gasteiger charge is 2.12. The summed E-state index contributed by atoms with van der Waals surface area (Å²) in [5, 5.41) is 6.41. The number of fused-ring (bicyclic) bond motifs is 1. The summed E-state index contributed by atoms with van der Waals surface area (Å²) in [6.45, 7) is 5.00. The van der Waals surface area contributed by atoms with E-state index in [4.69, 9.17) is 11.6 Å². The van der Waals surface area contributed by atoms with Gasteiger partial charge >= 0.3 is 5.91 Å². The van der Waals surface area contributed by atoms with Gasteiger partial charge in [0.25, 0.3) is 0 Å². The predicted molar refractivity (Wildman–Crippen MR) is 127 cm³/mol. The molecule has 1 amide bonds. The summed E-state index contributed by atoms with van der Waals surface area (Å²) in [5.41, 5.74) is 1.15. The number of amides is 1. The molecule has 2 N–H and O–H groups in total. The lowest BCUT2D eigenvalue weighted by Gasteiger charge is -2.31. The highest BCUT2D eigenvalue weighted by atomic mass is 35.5. The number of rotatable bonds is 5. The standard InChI is InChI=1S/C23H23ClFN7O/c1-31-8-10-32(11-9-31)7-3-2-4-22(33)30-21-13-17-20(14-26-21)27-15-28-23(17)29-16-5-6-19(25)18(24)12-16/h5-6,12-15H,3,7-11H2,1H3,(H,26,30,33)(H,27,28,29)/i15+2. The third-order valence-electron chi connectivity index (χ3n) is 5.30. The predicted octanol–water partition coefficient (Wildman–Crippen LogP) is 3.14. The Balaban J connectivity index is 1.40. The van der Waals surface area contributed by atoms with Gasteiger partial charge in [0.05, 0.1) is 16.7 Å². The van der Waals surface area contributed by atoms with E-state index < -0.39 is 11.7 Å². The molecule has 10 heteroatoms. The molecule has 1 fully saturated rings. The lowest BCUT2D eigenvalue weighted by atomic mass is 10.2. The molecular formula is C23H23ClFN7O. The number of hydrogen-bond donors (Lipinski definition) is 2. The Morgan fingerprint density at radius 3 is 2.85 bits per heavy atom. The normalized spacial score (nSPS) is 14.5. The average molecular weight is 470 g/mol. The van der Waals surface area contributed by atoms with Crippen LogP contribution < -0.4 is 10.6 Å². The van der Waals surface area contributed by atoms with Crippen LogP contribution >= 0.6 is 11.6 Å². The number of pyridine rings is 1. The zero-order valence-electron chi connectivity index (χ0n) is 18.1. The van der Waals surface area contributed by atoms with Crippen molar-refractivity contribution < 1.29 is 9.18 Å². The van der Waals surface area contributed by atoms with Gasteiger partial charge in [0.2, 0.25) is 0 Å². The summed E-state index contributed by atoms with van der Waals surface area (Å²) in [5.74, 6) is 5.41. The highest BCUT2D eigenvalue weighted by molar-refractivity contribution is 6.31. The van der Waals surface area contributed by atoms with Crippen molar-refractivity contribution in [1.29, 1.82) is 0 Å². The van der Waals surface area contributed by atoms with Crippen molar-refractivity contribution in [2.75, 3.05) is 50.4 Å². The number of nitrogens with one attached hydrogen (secondary N) is 2. The lowest BCUT2D eigenvalue weighted by Crippen LogP contribution is -2.44. The molecule has 1 aliphatic rings. The summed E-state index contributed by atoms with van der Waals surface area (Å²) in [6, 6.07) is 5.94. The van der Waals surface area contributed by atoms with Gasteiger partial charge in [-0.1, -0.05) is 17.5 Å². The minimum atomic E-state index is -0.506. The summed E-state index contributed by atoms with van der Waals surface area (Å²) >= 11 is 5.86. The van der Waals surface area contributed by atoms with Crippen LogP contribution in [0.15, 0.2) is 36.8 Å². The van der Waals surface area contributed by atoms with Gasteiger partial charge < -0.3 is 10.2 Å². The van der Waals surface area contributed by atoms with Gasteiger partial charge in [-0.25, -0.2) is 19.3 Å². The summed E-state index contributed by atoms with van der Waals surface area (Å²) < 4.78 is 13.4. The van der Waals surface area contributed by atoms with Gasteiger partial charge in [-0.05, 0) is 37.2 Å². The van der Waals surface area contributed by atoms with Gasteiger partial charge in [-0.2, -0.15) is 0 Å². The zero-order valence-corrected chi connectivity index (χ0v) is 18.9. The van der Waals surface area contributed by atoms with Crippen molar-refractivity contribution in [1.82, 2.24) is 24.8 Å². The number of hydrogen-bond acceptors (Lipinski definition) is 7. The molecule has 3 aromatic rings. The van der Waals surface area contributed by atoms with E-state index in [-0.39, 0.29) is 5.02 Å². The molecule has 2 aromatic heterocycles. The van der Waals surface area contributed by atoms with Crippen LogP contribution in [0.4, 0.5) is 21.7 Å². The Morgan fingerprint density at radius 2 is 2.06 bits per heavy atom. The molecule has 0 radical (unpaired) electrons. The van der Waals surface area contributed by atoms with Crippen LogP contribution in [0.1, 0.15) is 6.42 Å². The molecule has 0 unspecified atom stereocenters. The number of anilines is 3. The smallest absolute Gasteiger partial charge is 0.301 e. The van der Waals surface area contributed by atoms with Crippen LogP contribution in [0.25, 0.3) is 10.9 Å². The molecule has 170 valence electrons.